The van der Waals surface area contributed by atoms with Gasteiger partial charge in [-0.1, -0.05) is 18.2 Å². The van der Waals surface area contributed by atoms with Gasteiger partial charge in [0.25, 0.3) is 5.91 Å². The summed E-state index contributed by atoms with van der Waals surface area (Å²) in [6.45, 7) is 7.04. The molecule has 168 valence electrons. The zero-order valence-corrected chi connectivity index (χ0v) is 19.4. The summed E-state index contributed by atoms with van der Waals surface area (Å²) in [6.07, 6.45) is 1.03. The number of amides is 2. The van der Waals surface area contributed by atoms with Crippen molar-refractivity contribution in [3.05, 3.63) is 54.1 Å². The third-order valence-corrected chi connectivity index (χ3v) is 5.56. The molecule has 1 unspecified atom stereocenters. The van der Waals surface area contributed by atoms with E-state index in [0.29, 0.717) is 17.1 Å². The molecule has 9 heteroatoms. The minimum Gasteiger partial charge on any atom is -0.497 e. The Morgan fingerprint density at radius 3 is 2.29 bits per heavy atom. The van der Waals surface area contributed by atoms with Crippen LogP contribution in [0.2, 0.25) is 0 Å². The Morgan fingerprint density at radius 2 is 1.71 bits per heavy atom. The Labute approximate surface area is 183 Å². The van der Waals surface area contributed by atoms with Gasteiger partial charge in [0.2, 0.25) is 15.9 Å². The van der Waals surface area contributed by atoms with Crippen LogP contribution in [-0.4, -0.2) is 45.2 Å². The standard InChI is InChI=1S/C22H29N3O5S/c1-15(25(31(6,28)29)16-10-9-11-17(14-16)30-5)20(26)23-19-13-8-7-12-18(19)21(27)24-22(2,3)4/h7-15H,1-6H3,(H,23,26)(H,24,27). The molecule has 0 spiro atoms. The van der Waals surface area contributed by atoms with E-state index >= 15 is 0 Å². The molecule has 0 heterocycles. The molecular weight excluding hydrogens is 418 g/mol. The van der Waals surface area contributed by atoms with Crippen molar-refractivity contribution in [2.45, 2.75) is 39.3 Å². The first-order valence-corrected chi connectivity index (χ1v) is 11.5. The second-order valence-electron chi connectivity index (χ2n) is 8.18. The normalized spacial score (nSPS) is 12.6. The summed E-state index contributed by atoms with van der Waals surface area (Å²) in [7, 11) is -2.32. The van der Waals surface area contributed by atoms with Crippen LogP contribution in [0.15, 0.2) is 48.5 Å². The van der Waals surface area contributed by atoms with E-state index in [-0.39, 0.29) is 11.5 Å². The van der Waals surface area contributed by atoms with Crippen LogP contribution in [0.1, 0.15) is 38.1 Å². The van der Waals surface area contributed by atoms with Gasteiger partial charge in [0.15, 0.2) is 0 Å². The molecule has 0 aliphatic carbocycles. The molecular formula is C22H29N3O5S. The van der Waals surface area contributed by atoms with E-state index in [2.05, 4.69) is 10.6 Å². The number of rotatable bonds is 7. The van der Waals surface area contributed by atoms with Crippen LogP contribution < -0.4 is 19.7 Å². The van der Waals surface area contributed by atoms with E-state index in [1.807, 2.05) is 20.8 Å². The highest BCUT2D eigenvalue weighted by molar-refractivity contribution is 7.92. The van der Waals surface area contributed by atoms with E-state index in [1.54, 1.807) is 42.5 Å². The molecule has 0 aliphatic heterocycles. The lowest BCUT2D eigenvalue weighted by Gasteiger charge is -2.28. The van der Waals surface area contributed by atoms with Crippen molar-refractivity contribution in [2.75, 3.05) is 23.0 Å². The Kier molecular flexibility index (Phi) is 7.32. The zero-order valence-electron chi connectivity index (χ0n) is 18.6. The van der Waals surface area contributed by atoms with Crippen molar-refractivity contribution < 1.29 is 22.7 Å². The molecule has 0 fully saturated rings. The van der Waals surface area contributed by atoms with Crippen LogP contribution in [0, 0.1) is 0 Å². The number of nitrogens with one attached hydrogen (secondary N) is 2. The Hall–Kier alpha value is -3.07. The smallest absolute Gasteiger partial charge is 0.253 e. The first kappa shape index (κ1) is 24.2. The van der Waals surface area contributed by atoms with E-state index in [0.717, 1.165) is 10.6 Å². The maximum atomic E-state index is 13.0. The topological polar surface area (TPSA) is 105 Å². The first-order chi connectivity index (χ1) is 14.3. The third-order valence-electron chi connectivity index (χ3n) is 4.31. The number of hydrogen-bond acceptors (Lipinski definition) is 5. The Bertz CT molecular complexity index is 1060. The highest BCUT2D eigenvalue weighted by atomic mass is 32.2. The molecule has 0 aromatic heterocycles. The van der Waals surface area contributed by atoms with Gasteiger partial charge in [0, 0.05) is 11.6 Å². The number of para-hydroxylation sites is 1. The molecule has 8 nitrogen and oxygen atoms in total. The van der Waals surface area contributed by atoms with E-state index < -0.39 is 27.5 Å². The fourth-order valence-corrected chi connectivity index (χ4v) is 4.16. The predicted octanol–water partition coefficient (Wildman–Crippen LogP) is 3.02. The lowest BCUT2D eigenvalue weighted by atomic mass is 10.1. The summed E-state index contributed by atoms with van der Waals surface area (Å²) >= 11 is 0. The fourth-order valence-electron chi connectivity index (χ4n) is 2.99. The van der Waals surface area contributed by atoms with Gasteiger partial charge in [-0.05, 0) is 52.0 Å². The average molecular weight is 448 g/mol. The third kappa shape index (κ3) is 6.45. The van der Waals surface area contributed by atoms with E-state index in [9.17, 15) is 18.0 Å². The van der Waals surface area contributed by atoms with E-state index in [1.165, 1.54) is 20.1 Å². The van der Waals surface area contributed by atoms with E-state index in [4.69, 9.17) is 4.74 Å². The van der Waals surface area contributed by atoms with Gasteiger partial charge >= 0.3 is 0 Å². The Morgan fingerprint density at radius 1 is 1.06 bits per heavy atom. The summed E-state index contributed by atoms with van der Waals surface area (Å²) in [4.78, 5) is 25.6. The minimum atomic E-state index is -3.79. The van der Waals surface area contributed by atoms with Crippen LogP contribution in [0.3, 0.4) is 0 Å². The van der Waals surface area contributed by atoms with Crippen molar-refractivity contribution in [1.82, 2.24) is 5.32 Å². The molecule has 2 aromatic rings. The van der Waals surface area contributed by atoms with Crippen LogP contribution >= 0.6 is 0 Å². The molecule has 2 aromatic carbocycles. The quantitative estimate of drug-likeness (QED) is 0.679. The number of nitrogens with zero attached hydrogens (tertiary/aromatic N) is 1. The zero-order chi connectivity index (χ0) is 23.4. The SMILES string of the molecule is COc1cccc(N(C(C)C(=O)Nc2ccccc2C(=O)NC(C)(C)C)S(C)(=O)=O)c1. The predicted molar refractivity (Wildman–Crippen MR) is 122 cm³/mol. The summed E-state index contributed by atoms with van der Waals surface area (Å²) in [5.74, 6) is -0.462. The molecule has 2 amide bonds. The van der Waals surface area contributed by atoms with Crippen molar-refractivity contribution >= 4 is 33.2 Å². The number of benzene rings is 2. The maximum Gasteiger partial charge on any atom is 0.253 e. The van der Waals surface area contributed by atoms with Gasteiger partial charge in [0.05, 0.1) is 30.3 Å². The van der Waals surface area contributed by atoms with Gasteiger partial charge in [0.1, 0.15) is 11.8 Å². The molecule has 1 atom stereocenters. The largest absolute Gasteiger partial charge is 0.497 e. The number of sulfonamides is 1. The van der Waals surface area contributed by atoms with Crippen molar-refractivity contribution in [2.24, 2.45) is 0 Å². The van der Waals surface area contributed by atoms with Crippen LogP contribution in [0.4, 0.5) is 11.4 Å². The summed E-state index contributed by atoms with van der Waals surface area (Å²) < 4.78 is 31.2. The lowest BCUT2D eigenvalue weighted by molar-refractivity contribution is -0.116. The molecule has 2 rings (SSSR count). The van der Waals surface area contributed by atoms with Crippen molar-refractivity contribution in [3.8, 4) is 5.75 Å². The van der Waals surface area contributed by atoms with Crippen LogP contribution in [0.5, 0.6) is 5.75 Å². The monoisotopic (exact) mass is 447 g/mol. The summed E-state index contributed by atoms with van der Waals surface area (Å²) in [5, 5.41) is 5.54. The van der Waals surface area contributed by atoms with Crippen LogP contribution in [0.25, 0.3) is 0 Å². The number of carbonyl (C=O) groups excluding carboxylic acids is 2. The van der Waals surface area contributed by atoms with Gasteiger partial charge in [-0.25, -0.2) is 8.42 Å². The average Bonchev–Trinajstić information content (AvgIpc) is 2.66. The molecule has 0 saturated carbocycles. The molecule has 31 heavy (non-hydrogen) atoms. The van der Waals surface area contributed by atoms with Crippen molar-refractivity contribution in [3.63, 3.8) is 0 Å². The molecule has 0 saturated heterocycles. The fraction of sp³-hybridized carbons (Fsp3) is 0.364. The number of anilines is 2. The first-order valence-electron chi connectivity index (χ1n) is 9.69. The number of ether oxygens (including phenoxy) is 1. The van der Waals surface area contributed by atoms with Crippen LogP contribution in [-0.2, 0) is 14.8 Å². The molecule has 0 aliphatic rings. The summed E-state index contributed by atoms with van der Waals surface area (Å²) in [6, 6.07) is 11.9. The molecule has 0 radical (unpaired) electrons. The van der Waals surface area contributed by atoms with Gasteiger partial charge in [-0.15, -0.1) is 0 Å². The second-order valence-corrected chi connectivity index (χ2v) is 10.0. The van der Waals surface area contributed by atoms with Crippen molar-refractivity contribution in [1.29, 1.82) is 0 Å². The highest BCUT2D eigenvalue weighted by Crippen LogP contribution is 2.26. The second kappa shape index (κ2) is 9.38. The molecule has 0 bridgehead atoms. The minimum absolute atomic E-state index is 0.283. The summed E-state index contributed by atoms with van der Waals surface area (Å²) in [5.41, 5.74) is 0.412. The lowest BCUT2D eigenvalue weighted by Crippen LogP contribution is -2.45. The highest BCUT2D eigenvalue weighted by Gasteiger charge is 2.30. The van der Waals surface area contributed by atoms with Gasteiger partial charge in [-0.2, -0.15) is 0 Å². The number of carbonyl (C=O) groups is 2. The number of methoxy groups -OCH3 is 1. The van der Waals surface area contributed by atoms with Gasteiger partial charge < -0.3 is 15.4 Å². The maximum absolute atomic E-state index is 13.0. The number of hydrogen-bond donors (Lipinski definition) is 2. The van der Waals surface area contributed by atoms with Gasteiger partial charge in [-0.3, -0.25) is 13.9 Å². The Balaban J connectivity index is 2.35. The molecule has 2 N–H and O–H groups in total.